The Morgan fingerprint density at radius 1 is 1.16 bits per heavy atom. The maximum atomic E-state index is 11.8. The van der Waals surface area contributed by atoms with Crippen molar-refractivity contribution in [2.45, 2.75) is 39.0 Å². The summed E-state index contributed by atoms with van der Waals surface area (Å²) in [6.45, 7) is 4.83. The van der Waals surface area contributed by atoms with E-state index in [1.54, 1.807) is 32.9 Å². The number of carboxylic acids is 1. The Kier molecular flexibility index (Phi) is 7.87. The molecule has 138 valence electrons. The van der Waals surface area contributed by atoms with Crippen LogP contribution in [0.25, 0.3) is 0 Å². The fraction of sp³-hybridized carbons (Fsp3) is 0.471. The van der Waals surface area contributed by atoms with Crippen molar-refractivity contribution in [2.75, 3.05) is 13.2 Å². The van der Waals surface area contributed by atoms with Crippen LogP contribution in [-0.4, -0.2) is 47.9 Å². The Balaban J connectivity index is 2.33. The van der Waals surface area contributed by atoms with Crippen LogP contribution in [0.1, 0.15) is 26.3 Å². The van der Waals surface area contributed by atoms with E-state index in [1.807, 2.05) is 18.2 Å². The molecule has 8 heteroatoms. The second-order valence-electron chi connectivity index (χ2n) is 6.30. The molecule has 0 unspecified atom stereocenters. The lowest BCUT2D eigenvalue weighted by atomic mass is 10.2. The van der Waals surface area contributed by atoms with E-state index in [0.29, 0.717) is 0 Å². The molecule has 1 aromatic rings. The standard InChI is InChI=1S/C17H24N2O6/c1-17(2,3)25-11-13(15(21)22)19-14(20)9-18-16(23)24-10-12-7-5-4-6-8-12/h4-8,13H,9-11H2,1-3H3,(H,18,23)(H,19,20)(H,21,22)/t13-/m0/s1. The minimum absolute atomic E-state index is 0.0749. The monoisotopic (exact) mass is 352 g/mol. The average molecular weight is 352 g/mol. The Bertz CT molecular complexity index is 583. The highest BCUT2D eigenvalue weighted by Crippen LogP contribution is 2.07. The summed E-state index contributed by atoms with van der Waals surface area (Å²) in [4.78, 5) is 34.4. The molecule has 0 spiro atoms. The molecule has 0 saturated carbocycles. The molecule has 1 aromatic carbocycles. The zero-order valence-electron chi connectivity index (χ0n) is 14.6. The first kappa shape index (κ1) is 20.4. The molecule has 1 rings (SSSR count). The fourth-order valence-electron chi connectivity index (χ4n) is 1.68. The number of alkyl carbamates (subject to hydrolysis) is 1. The number of carbonyl (C=O) groups excluding carboxylic acids is 2. The highest BCUT2D eigenvalue weighted by molar-refractivity contribution is 5.86. The molecule has 0 aliphatic heterocycles. The average Bonchev–Trinajstić information content (AvgIpc) is 2.54. The number of nitrogens with one attached hydrogen (secondary N) is 2. The molecule has 1 atom stereocenters. The van der Waals surface area contributed by atoms with Gasteiger partial charge < -0.3 is 25.2 Å². The number of aliphatic carboxylic acids is 1. The van der Waals surface area contributed by atoms with Gasteiger partial charge in [0.25, 0.3) is 0 Å². The molecule has 3 N–H and O–H groups in total. The van der Waals surface area contributed by atoms with Crippen LogP contribution in [0.2, 0.25) is 0 Å². The van der Waals surface area contributed by atoms with Crippen molar-refractivity contribution in [1.82, 2.24) is 10.6 Å². The highest BCUT2D eigenvalue weighted by atomic mass is 16.5. The number of rotatable bonds is 8. The van der Waals surface area contributed by atoms with Gasteiger partial charge in [-0.1, -0.05) is 30.3 Å². The minimum Gasteiger partial charge on any atom is -0.480 e. The summed E-state index contributed by atoms with van der Waals surface area (Å²) in [5.74, 6) is -1.87. The van der Waals surface area contributed by atoms with Crippen molar-refractivity contribution in [3.63, 3.8) is 0 Å². The summed E-state index contributed by atoms with van der Waals surface area (Å²) < 4.78 is 10.3. The highest BCUT2D eigenvalue weighted by Gasteiger charge is 2.23. The van der Waals surface area contributed by atoms with Gasteiger partial charge in [-0.2, -0.15) is 0 Å². The number of hydrogen-bond acceptors (Lipinski definition) is 5. The Labute approximate surface area is 146 Å². The third kappa shape index (κ3) is 9.31. The normalized spacial score (nSPS) is 12.1. The lowest BCUT2D eigenvalue weighted by Crippen LogP contribution is -2.48. The van der Waals surface area contributed by atoms with Crippen molar-refractivity contribution in [2.24, 2.45) is 0 Å². The van der Waals surface area contributed by atoms with Crippen LogP contribution < -0.4 is 10.6 Å². The second-order valence-corrected chi connectivity index (χ2v) is 6.30. The van der Waals surface area contributed by atoms with Gasteiger partial charge in [-0.3, -0.25) is 4.79 Å². The Hall–Kier alpha value is -2.61. The molecular formula is C17H24N2O6. The van der Waals surface area contributed by atoms with Crippen molar-refractivity contribution >= 4 is 18.0 Å². The summed E-state index contributed by atoms with van der Waals surface area (Å²) >= 11 is 0. The minimum atomic E-state index is -1.22. The fourth-order valence-corrected chi connectivity index (χ4v) is 1.68. The predicted octanol–water partition coefficient (Wildman–Crippen LogP) is 1.30. The van der Waals surface area contributed by atoms with Gasteiger partial charge in [-0.15, -0.1) is 0 Å². The molecule has 0 saturated heterocycles. The molecule has 2 amide bonds. The summed E-state index contributed by atoms with van der Waals surface area (Å²) in [5.41, 5.74) is 0.283. The molecule has 0 heterocycles. The topological polar surface area (TPSA) is 114 Å². The maximum absolute atomic E-state index is 11.8. The predicted molar refractivity (Wildman–Crippen MR) is 89.9 cm³/mol. The van der Waals surface area contributed by atoms with Gasteiger partial charge >= 0.3 is 12.1 Å². The van der Waals surface area contributed by atoms with Crippen molar-refractivity contribution < 1.29 is 29.0 Å². The first-order valence-electron chi connectivity index (χ1n) is 7.78. The van der Waals surface area contributed by atoms with Gasteiger partial charge in [-0.05, 0) is 26.3 Å². The summed E-state index contributed by atoms with van der Waals surface area (Å²) in [6.07, 6.45) is -0.767. The number of carboxylic acid groups (broad SMARTS) is 1. The lowest BCUT2D eigenvalue weighted by Gasteiger charge is -2.23. The first-order valence-corrected chi connectivity index (χ1v) is 7.78. The smallest absolute Gasteiger partial charge is 0.407 e. The van der Waals surface area contributed by atoms with E-state index < -0.39 is 36.2 Å². The van der Waals surface area contributed by atoms with Crippen LogP contribution in [0.3, 0.4) is 0 Å². The van der Waals surface area contributed by atoms with Gasteiger partial charge in [0.2, 0.25) is 5.91 Å². The van der Waals surface area contributed by atoms with Crippen LogP contribution in [0.4, 0.5) is 4.79 Å². The number of carbonyl (C=O) groups is 3. The first-order chi connectivity index (χ1) is 11.7. The molecule has 0 aliphatic carbocycles. The second kappa shape index (κ2) is 9.63. The maximum Gasteiger partial charge on any atom is 0.407 e. The Morgan fingerprint density at radius 2 is 1.80 bits per heavy atom. The van der Waals surface area contributed by atoms with E-state index in [-0.39, 0.29) is 13.2 Å². The molecule has 0 radical (unpaired) electrons. The summed E-state index contributed by atoms with van der Waals surface area (Å²) in [5, 5.41) is 13.6. The van der Waals surface area contributed by atoms with Crippen LogP contribution in [0.15, 0.2) is 30.3 Å². The summed E-state index contributed by atoms with van der Waals surface area (Å²) in [6, 6.07) is 7.87. The third-order valence-corrected chi connectivity index (χ3v) is 2.92. The molecule has 0 aromatic heterocycles. The SMILES string of the molecule is CC(C)(C)OC[C@H](NC(=O)CNC(=O)OCc1ccccc1)C(=O)O. The number of benzene rings is 1. The molecule has 0 fully saturated rings. The van der Waals surface area contributed by atoms with E-state index in [9.17, 15) is 14.4 Å². The third-order valence-electron chi connectivity index (χ3n) is 2.92. The van der Waals surface area contributed by atoms with Crippen LogP contribution in [0.5, 0.6) is 0 Å². The van der Waals surface area contributed by atoms with E-state index in [2.05, 4.69) is 10.6 Å². The number of amides is 2. The number of hydrogen-bond donors (Lipinski definition) is 3. The van der Waals surface area contributed by atoms with Gasteiger partial charge in [0.05, 0.1) is 12.2 Å². The largest absolute Gasteiger partial charge is 0.480 e. The van der Waals surface area contributed by atoms with E-state index in [0.717, 1.165) is 5.56 Å². The van der Waals surface area contributed by atoms with Crippen LogP contribution in [0, 0.1) is 0 Å². The molecular weight excluding hydrogens is 328 g/mol. The Morgan fingerprint density at radius 3 is 2.36 bits per heavy atom. The van der Waals surface area contributed by atoms with E-state index in [4.69, 9.17) is 14.6 Å². The molecule has 0 aliphatic rings. The lowest BCUT2D eigenvalue weighted by molar-refractivity contribution is -0.145. The molecule has 25 heavy (non-hydrogen) atoms. The quantitative estimate of drug-likeness (QED) is 0.650. The van der Waals surface area contributed by atoms with Gasteiger partial charge in [0.15, 0.2) is 6.04 Å². The van der Waals surface area contributed by atoms with Crippen molar-refractivity contribution in [3.8, 4) is 0 Å². The van der Waals surface area contributed by atoms with Crippen molar-refractivity contribution in [1.29, 1.82) is 0 Å². The molecule has 0 bridgehead atoms. The van der Waals surface area contributed by atoms with Gasteiger partial charge in [-0.25, -0.2) is 9.59 Å². The van der Waals surface area contributed by atoms with Gasteiger partial charge in [0.1, 0.15) is 13.2 Å². The zero-order valence-corrected chi connectivity index (χ0v) is 14.6. The van der Waals surface area contributed by atoms with Crippen molar-refractivity contribution in [3.05, 3.63) is 35.9 Å². The van der Waals surface area contributed by atoms with Crippen LogP contribution >= 0.6 is 0 Å². The zero-order chi connectivity index (χ0) is 18.9. The number of ether oxygens (including phenoxy) is 2. The molecule has 8 nitrogen and oxygen atoms in total. The van der Waals surface area contributed by atoms with E-state index in [1.165, 1.54) is 0 Å². The summed E-state index contributed by atoms with van der Waals surface area (Å²) in [7, 11) is 0. The van der Waals surface area contributed by atoms with Gasteiger partial charge in [0, 0.05) is 0 Å². The van der Waals surface area contributed by atoms with Crippen LogP contribution in [-0.2, 0) is 25.7 Å². The van der Waals surface area contributed by atoms with E-state index >= 15 is 0 Å².